The first-order chi connectivity index (χ1) is 22.4. The summed E-state index contributed by atoms with van der Waals surface area (Å²) in [4.78, 5) is 56.1. The lowest BCUT2D eigenvalue weighted by Crippen LogP contribution is -2.45. The molecule has 0 N–H and O–H groups in total. The Hall–Kier alpha value is -3.29. The van der Waals surface area contributed by atoms with Crippen LogP contribution in [0, 0.1) is 11.8 Å². The summed E-state index contributed by atoms with van der Waals surface area (Å²) in [6.07, 6.45) is 14.5. The lowest BCUT2D eigenvalue weighted by molar-refractivity contribution is -0.142. The van der Waals surface area contributed by atoms with Crippen LogP contribution in [0.15, 0.2) is 48.6 Å². The Balaban J connectivity index is -0.0000000850. The minimum absolute atomic E-state index is 0. The van der Waals surface area contributed by atoms with E-state index in [1.165, 1.54) is 23.1 Å². The van der Waals surface area contributed by atoms with Crippen LogP contribution in [-0.2, 0) is 28.7 Å². The van der Waals surface area contributed by atoms with Gasteiger partial charge in [-0.05, 0) is 65.0 Å². The molecule has 8 nitrogen and oxygen atoms in total. The minimum atomic E-state index is -0.405. The Morgan fingerprint density at radius 1 is 0.592 bits per heavy atom. The van der Waals surface area contributed by atoms with Gasteiger partial charge in [-0.3, -0.25) is 24.1 Å². The number of carbonyl (C=O) groups excluding carboxylic acids is 5. The molecule has 0 aromatic carbocycles. The number of carbonyl (C=O) groups is 5. The number of cyclic esters (lactones) is 1. The van der Waals surface area contributed by atoms with Crippen LogP contribution in [0.5, 0.6) is 0 Å². The van der Waals surface area contributed by atoms with Crippen molar-refractivity contribution < 1.29 is 28.7 Å². The Morgan fingerprint density at radius 2 is 1.00 bits per heavy atom. The summed E-state index contributed by atoms with van der Waals surface area (Å²) in [5.41, 5.74) is -0.405. The Bertz CT molecular complexity index is 881. The summed E-state index contributed by atoms with van der Waals surface area (Å²) in [7, 11) is 0. The number of hydrogen-bond acceptors (Lipinski definition) is 6. The fourth-order valence-corrected chi connectivity index (χ4v) is 2.83. The number of imide groups is 1. The topological polar surface area (TPSA) is 101 Å². The SMILES string of the molecule is C.CC.CC.CC.CC.CC(C)(C)N1C(=O)C=CC1=O.CC(C)C.CC(C)C.CC(C)N1CC=CC1=O.O=C1C=CCC1.O=C1C=CCO1. The van der Waals surface area contributed by atoms with Crippen molar-refractivity contribution in [3.8, 4) is 0 Å². The number of nitrogens with zero attached hydrogens (tertiary/aromatic N) is 2. The van der Waals surface area contributed by atoms with Gasteiger partial charge in [0, 0.05) is 48.9 Å². The van der Waals surface area contributed by atoms with Crippen LogP contribution in [-0.4, -0.2) is 64.0 Å². The largest absolute Gasteiger partial charge is 0.458 e. The van der Waals surface area contributed by atoms with E-state index in [2.05, 4.69) is 46.3 Å². The molecular formula is C41H80N2O6. The molecule has 3 aliphatic heterocycles. The van der Waals surface area contributed by atoms with Crippen molar-refractivity contribution in [3.63, 3.8) is 0 Å². The average Bonchev–Trinajstić information content (AvgIpc) is 3.84. The highest BCUT2D eigenvalue weighted by molar-refractivity contribution is 6.13. The molecule has 0 aromatic rings. The Labute approximate surface area is 304 Å². The second-order valence-corrected chi connectivity index (χ2v) is 11.9. The van der Waals surface area contributed by atoms with Crippen LogP contribution in [0.2, 0.25) is 0 Å². The molecule has 0 aromatic heterocycles. The fourth-order valence-electron chi connectivity index (χ4n) is 2.83. The van der Waals surface area contributed by atoms with Crippen molar-refractivity contribution >= 4 is 29.5 Å². The van der Waals surface area contributed by atoms with Gasteiger partial charge in [0.15, 0.2) is 5.78 Å². The molecule has 3 heterocycles. The van der Waals surface area contributed by atoms with Gasteiger partial charge in [0.2, 0.25) is 5.91 Å². The average molecular weight is 697 g/mol. The summed E-state index contributed by atoms with van der Waals surface area (Å²) in [5.74, 6) is 1.42. The van der Waals surface area contributed by atoms with Crippen molar-refractivity contribution in [1.82, 2.24) is 9.80 Å². The van der Waals surface area contributed by atoms with Gasteiger partial charge in [0.05, 0.1) is 0 Å². The highest BCUT2D eigenvalue weighted by Crippen LogP contribution is 2.18. The molecule has 8 heteroatoms. The van der Waals surface area contributed by atoms with Gasteiger partial charge in [0.25, 0.3) is 11.8 Å². The number of allylic oxidation sites excluding steroid dienone is 2. The molecule has 0 spiro atoms. The molecule has 4 rings (SSSR count). The maximum atomic E-state index is 11.0. The number of hydrogen-bond donors (Lipinski definition) is 0. The van der Waals surface area contributed by atoms with E-state index in [0.29, 0.717) is 12.6 Å². The molecule has 4 aliphatic rings. The summed E-state index contributed by atoms with van der Waals surface area (Å²) >= 11 is 0. The van der Waals surface area contributed by atoms with E-state index >= 15 is 0 Å². The number of amides is 3. The van der Waals surface area contributed by atoms with E-state index in [1.54, 1.807) is 18.2 Å². The lowest BCUT2D eigenvalue weighted by atomic mass is 10.1. The zero-order valence-electron chi connectivity index (χ0n) is 34.5. The zero-order valence-corrected chi connectivity index (χ0v) is 34.5. The molecule has 0 atom stereocenters. The van der Waals surface area contributed by atoms with Crippen molar-refractivity contribution in [3.05, 3.63) is 48.6 Å². The van der Waals surface area contributed by atoms with E-state index in [0.717, 1.165) is 31.2 Å². The summed E-state index contributed by atoms with van der Waals surface area (Å²) in [5, 5.41) is 0. The quantitative estimate of drug-likeness (QED) is 0.200. The molecule has 290 valence electrons. The lowest BCUT2D eigenvalue weighted by Gasteiger charge is -2.29. The van der Waals surface area contributed by atoms with Gasteiger partial charge in [-0.2, -0.15) is 0 Å². The normalized spacial score (nSPS) is 14.0. The number of ether oxygens (including phenoxy) is 1. The van der Waals surface area contributed by atoms with Crippen LogP contribution in [0.1, 0.15) is 152 Å². The summed E-state index contributed by atoms with van der Waals surface area (Å²) in [6.45, 7) is 39.8. The van der Waals surface area contributed by atoms with Crippen LogP contribution >= 0.6 is 0 Å². The van der Waals surface area contributed by atoms with E-state index < -0.39 is 5.54 Å². The van der Waals surface area contributed by atoms with Gasteiger partial charge in [-0.25, -0.2) is 4.79 Å². The molecule has 0 saturated carbocycles. The molecule has 0 fully saturated rings. The highest BCUT2D eigenvalue weighted by Gasteiger charge is 2.33. The smallest absolute Gasteiger partial charge is 0.330 e. The Morgan fingerprint density at radius 3 is 1.12 bits per heavy atom. The predicted octanol–water partition coefficient (Wildman–Crippen LogP) is 10.6. The van der Waals surface area contributed by atoms with Gasteiger partial charge >= 0.3 is 5.97 Å². The van der Waals surface area contributed by atoms with Crippen LogP contribution < -0.4 is 0 Å². The molecule has 49 heavy (non-hydrogen) atoms. The zero-order chi connectivity index (χ0) is 39.5. The molecular weight excluding hydrogens is 616 g/mol. The number of ketones is 1. The van der Waals surface area contributed by atoms with Crippen LogP contribution in [0.25, 0.3) is 0 Å². The first-order valence-electron chi connectivity index (χ1n) is 18.0. The molecule has 0 radical (unpaired) electrons. The van der Waals surface area contributed by atoms with Crippen molar-refractivity contribution in [2.24, 2.45) is 11.8 Å². The summed E-state index contributed by atoms with van der Waals surface area (Å²) in [6, 6.07) is 0.340. The third-order valence-corrected chi connectivity index (χ3v) is 4.39. The second kappa shape index (κ2) is 40.9. The third kappa shape index (κ3) is 42.7. The van der Waals surface area contributed by atoms with Crippen molar-refractivity contribution in [1.29, 1.82) is 0 Å². The summed E-state index contributed by atoms with van der Waals surface area (Å²) < 4.78 is 4.40. The molecule has 0 saturated heterocycles. The van der Waals surface area contributed by atoms with Gasteiger partial charge in [-0.15, -0.1) is 0 Å². The highest BCUT2D eigenvalue weighted by atomic mass is 16.5. The van der Waals surface area contributed by atoms with E-state index in [9.17, 15) is 24.0 Å². The monoisotopic (exact) mass is 697 g/mol. The van der Waals surface area contributed by atoms with E-state index in [-0.39, 0.29) is 36.9 Å². The van der Waals surface area contributed by atoms with E-state index in [1.807, 2.05) is 107 Å². The molecule has 0 unspecified atom stereocenters. The first-order valence-corrected chi connectivity index (χ1v) is 18.0. The van der Waals surface area contributed by atoms with E-state index in [4.69, 9.17) is 0 Å². The number of esters is 1. The maximum absolute atomic E-state index is 11.0. The van der Waals surface area contributed by atoms with Gasteiger partial charge < -0.3 is 9.64 Å². The molecule has 0 bridgehead atoms. The fraction of sp³-hybridized carbons (Fsp3) is 0.683. The second-order valence-electron chi connectivity index (χ2n) is 11.9. The van der Waals surface area contributed by atoms with Crippen LogP contribution in [0.4, 0.5) is 0 Å². The van der Waals surface area contributed by atoms with Gasteiger partial charge in [-0.1, -0.05) is 117 Å². The van der Waals surface area contributed by atoms with Crippen molar-refractivity contribution in [2.75, 3.05) is 13.2 Å². The van der Waals surface area contributed by atoms with Crippen molar-refractivity contribution in [2.45, 2.75) is 163 Å². The predicted molar refractivity (Wildman–Crippen MR) is 213 cm³/mol. The Kier molecular flexibility index (Phi) is 50.9. The minimum Gasteiger partial charge on any atom is -0.458 e. The maximum Gasteiger partial charge on any atom is 0.330 e. The third-order valence-electron chi connectivity index (χ3n) is 4.39. The van der Waals surface area contributed by atoms with Crippen LogP contribution in [0.3, 0.4) is 0 Å². The first kappa shape index (κ1) is 61.0. The molecule has 1 aliphatic carbocycles. The standard InChI is InChI=1S/C8H11NO2.C7H11NO.C5H6O.C4H4O2.2C4H10.4C2H6.CH4/c1-8(2,3)9-6(10)4-5-7(9)11;1-6(2)8-5-3-4-7(8)9;6-5-3-1-2-4-5;5-4-2-1-3-6-4;2*1-4(2)3;4*1-2;/h4-5H,1-3H3;3-4,6H,5H2,1-2H3;1,3H,2,4H2;1-2H,3H2;2*4H,1-3H3;4*1-2H3;1H4. The number of rotatable bonds is 1. The van der Waals surface area contributed by atoms with Gasteiger partial charge in [0.1, 0.15) is 6.61 Å². The molecule has 3 amide bonds.